The van der Waals surface area contributed by atoms with E-state index in [-0.39, 0.29) is 0 Å². The minimum atomic E-state index is -1.19. The molecule has 1 atom stereocenters. The lowest BCUT2D eigenvalue weighted by Crippen LogP contribution is -2.44. The van der Waals surface area contributed by atoms with Crippen molar-refractivity contribution in [2.45, 2.75) is 30.5 Å². The van der Waals surface area contributed by atoms with Crippen LogP contribution < -0.4 is 5.73 Å². The predicted molar refractivity (Wildman–Crippen MR) is 79.3 cm³/mol. The Morgan fingerprint density at radius 2 is 2.14 bits per heavy atom. The third-order valence-electron chi connectivity index (χ3n) is 3.00. The van der Waals surface area contributed by atoms with E-state index in [1.165, 1.54) is 18.7 Å². The lowest BCUT2D eigenvalue weighted by atomic mass is 9.98. The zero-order valence-corrected chi connectivity index (χ0v) is 12.5. The van der Waals surface area contributed by atoms with Crippen molar-refractivity contribution in [2.75, 3.05) is 5.75 Å². The van der Waals surface area contributed by atoms with Crippen molar-refractivity contribution < 1.29 is 9.90 Å². The van der Waals surface area contributed by atoms with Gasteiger partial charge in [-0.2, -0.15) is 4.68 Å². The van der Waals surface area contributed by atoms with Gasteiger partial charge in [-0.3, -0.25) is 4.79 Å². The highest BCUT2D eigenvalue weighted by Crippen LogP contribution is 2.20. The van der Waals surface area contributed by atoms with Crippen LogP contribution in [0.1, 0.15) is 19.8 Å². The van der Waals surface area contributed by atoms with Gasteiger partial charge >= 0.3 is 5.97 Å². The number of aliphatic carboxylic acids is 1. The number of carbonyl (C=O) groups is 1. The van der Waals surface area contributed by atoms with Gasteiger partial charge in [0.25, 0.3) is 0 Å². The topological polar surface area (TPSA) is 107 Å². The van der Waals surface area contributed by atoms with Gasteiger partial charge in [0, 0.05) is 5.75 Å². The maximum Gasteiger partial charge on any atom is 0.323 e. The molecule has 0 bridgehead atoms. The molecule has 3 N–H and O–H groups in total. The first-order valence-corrected chi connectivity index (χ1v) is 7.48. The van der Waals surface area contributed by atoms with Crippen LogP contribution in [0.25, 0.3) is 5.69 Å². The van der Waals surface area contributed by atoms with Crippen LogP contribution in [0.3, 0.4) is 0 Å². The summed E-state index contributed by atoms with van der Waals surface area (Å²) in [6.07, 6.45) is 1.08. The average molecular weight is 307 g/mol. The monoisotopic (exact) mass is 307 g/mol. The molecule has 0 spiro atoms. The third kappa shape index (κ3) is 4.02. The molecule has 0 aliphatic rings. The molecule has 0 amide bonds. The fraction of sp³-hybridized carbons (Fsp3) is 0.385. The van der Waals surface area contributed by atoms with Crippen molar-refractivity contribution in [3.05, 3.63) is 30.3 Å². The van der Waals surface area contributed by atoms with Gasteiger partial charge in [-0.15, -0.1) is 5.10 Å². The van der Waals surface area contributed by atoms with Crippen LogP contribution in [0.2, 0.25) is 0 Å². The van der Waals surface area contributed by atoms with E-state index in [0.717, 1.165) is 5.69 Å². The van der Waals surface area contributed by atoms with Gasteiger partial charge < -0.3 is 10.8 Å². The Kier molecular flexibility index (Phi) is 4.92. The highest BCUT2D eigenvalue weighted by Gasteiger charge is 2.26. The molecule has 2 aromatic rings. The molecule has 8 heteroatoms. The number of hydrogen-bond donors (Lipinski definition) is 2. The highest BCUT2D eigenvalue weighted by molar-refractivity contribution is 7.99. The van der Waals surface area contributed by atoms with Crippen LogP contribution in [0, 0.1) is 0 Å². The predicted octanol–water partition coefficient (Wildman–Crippen LogP) is 1.34. The Labute approximate surface area is 126 Å². The molecule has 2 rings (SSSR count). The summed E-state index contributed by atoms with van der Waals surface area (Å²) in [6, 6.07) is 9.59. The van der Waals surface area contributed by atoms with Crippen LogP contribution in [0.5, 0.6) is 0 Å². The highest BCUT2D eigenvalue weighted by atomic mass is 32.2. The normalized spacial score (nSPS) is 13.8. The molecule has 0 radical (unpaired) electrons. The summed E-state index contributed by atoms with van der Waals surface area (Å²) in [5, 5.41) is 21.2. The van der Waals surface area contributed by atoms with Crippen LogP contribution in [-0.4, -0.2) is 42.6 Å². The molecule has 1 aromatic heterocycles. The second-order valence-electron chi connectivity index (χ2n) is 4.88. The van der Waals surface area contributed by atoms with Crippen molar-refractivity contribution in [3.8, 4) is 5.69 Å². The third-order valence-corrected chi connectivity index (χ3v) is 4.01. The van der Waals surface area contributed by atoms with Gasteiger partial charge in [0.05, 0.1) is 5.69 Å². The van der Waals surface area contributed by atoms with Crippen LogP contribution in [0.4, 0.5) is 0 Å². The van der Waals surface area contributed by atoms with E-state index >= 15 is 0 Å². The van der Waals surface area contributed by atoms with Crippen molar-refractivity contribution in [1.29, 1.82) is 0 Å². The summed E-state index contributed by atoms with van der Waals surface area (Å²) < 4.78 is 1.66. The molecule has 0 saturated carbocycles. The number of carboxylic acids is 1. The Bertz CT molecular complexity index is 600. The zero-order chi connectivity index (χ0) is 15.3. The van der Waals surface area contributed by atoms with E-state index in [1.807, 2.05) is 30.3 Å². The number of nitrogens with two attached hydrogens (primary N) is 1. The quantitative estimate of drug-likeness (QED) is 0.587. The van der Waals surface area contributed by atoms with Gasteiger partial charge in [-0.25, -0.2) is 0 Å². The fourth-order valence-corrected chi connectivity index (χ4v) is 2.54. The molecule has 0 fully saturated rings. The lowest BCUT2D eigenvalue weighted by Gasteiger charge is -2.18. The standard InChI is InChI=1S/C13H17N5O2S/c1-13(14,11(19)20)8-5-9-21-12-15-16-17-18(12)10-6-3-2-4-7-10/h2-4,6-7H,5,8-9,14H2,1H3,(H,19,20). The van der Waals surface area contributed by atoms with Crippen molar-refractivity contribution >= 4 is 17.7 Å². The van der Waals surface area contributed by atoms with Crippen molar-refractivity contribution in [1.82, 2.24) is 20.2 Å². The molecule has 0 aliphatic carbocycles. The van der Waals surface area contributed by atoms with E-state index < -0.39 is 11.5 Å². The Morgan fingerprint density at radius 3 is 2.81 bits per heavy atom. The summed E-state index contributed by atoms with van der Waals surface area (Å²) in [6.45, 7) is 1.52. The number of aromatic nitrogens is 4. The number of benzene rings is 1. The summed E-state index contributed by atoms with van der Waals surface area (Å²) in [7, 11) is 0. The number of tetrazole rings is 1. The number of carboxylic acid groups (broad SMARTS) is 1. The smallest absolute Gasteiger partial charge is 0.323 e. The first-order valence-electron chi connectivity index (χ1n) is 6.49. The van der Waals surface area contributed by atoms with E-state index in [1.54, 1.807) is 4.68 Å². The SMILES string of the molecule is CC(N)(CCCSc1nnnn1-c1ccccc1)C(=O)O. The molecular weight excluding hydrogens is 290 g/mol. The number of hydrogen-bond acceptors (Lipinski definition) is 6. The first-order chi connectivity index (χ1) is 10.0. The molecule has 1 heterocycles. The first kappa shape index (κ1) is 15.5. The van der Waals surface area contributed by atoms with E-state index in [9.17, 15) is 4.79 Å². The van der Waals surface area contributed by atoms with Gasteiger partial charge in [0.2, 0.25) is 5.16 Å². The molecule has 0 aliphatic heterocycles. The van der Waals surface area contributed by atoms with Crippen LogP contribution >= 0.6 is 11.8 Å². The van der Waals surface area contributed by atoms with Gasteiger partial charge in [0.1, 0.15) is 5.54 Å². The Morgan fingerprint density at radius 1 is 1.43 bits per heavy atom. The Hall–Kier alpha value is -1.93. The number of thioether (sulfide) groups is 1. The molecular formula is C13H17N5O2S. The maximum atomic E-state index is 10.9. The summed E-state index contributed by atoms with van der Waals surface area (Å²) in [5.41, 5.74) is 5.39. The zero-order valence-electron chi connectivity index (χ0n) is 11.6. The molecule has 0 saturated heterocycles. The van der Waals surface area contributed by atoms with E-state index in [2.05, 4.69) is 15.5 Å². The van der Waals surface area contributed by atoms with Crippen molar-refractivity contribution in [2.24, 2.45) is 5.73 Å². The number of rotatable bonds is 7. The van der Waals surface area contributed by atoms with Gasteiger partial charge in [0.15, 0.2) is 0 Å². The van der Waals surface area contributed by atoms with E-state index in [0.29, 0.717) is 23.8 Å². The van der Waals surface area contributed by atoms with Crippen LogP contribution in [-0.2, 0) is 4.79 Å². The minimum absolute atomic E-state index is 0.405. The molecule has 1 unspecified atom stereocenters. The second kappa shape index (κ2) is 6.68. The minimum Gasteiger partial charge on any atom is -0.480 e. The summed E-state index contributed by atoms with van der Waals surface area (Å²) >= 11 is 1.48. The molecule has 112 valence electrons. The molecule has 1 aromatic carbocycles. The maximum absolute atomic E-state index is 10.9. The largest absolute Gasteiger partial charge is 0.480 e. The van der Waals surface area contributed by atoms with Crippen LogP contribution in [0.15, 0.2) is 35.5 Å². The van der Waals surface area contributed by atoms with Gasteiger partial charge in [-0.05, 0) is 42.3 Å². The fourth-order valence-electron chi connectivity index (χ4n) is 1.71. The Balaban J connectivity index is 1.91. The number of para-hydroxylation sites is 1. The average Bonchev–Trinajstić information content (AvgIpc) is 2.93. The van der Waals surface area contributed by atoms with E-state index in [4.69, 9.17) is 10.8 Å². The summed E-state index contributed by atoms with van der Waals surface area (Å²) in [5.74, 6) is -0.283. The molecule has 7 nitrogen and oxygen atoms in total. The summed E-state index contributed by atoms with van der Waals surface area (Å²) in [4.78, 5) is 10.9. The molecule has 21 heavy (non-hydrogen) atoms. The van der Waals surface area contributed by atoms with Crippen molar-refractivity contribution in [3.63, 3.8) is 0 Å². The second-order valence-corrected chi connectivity index (χ2v) is 5.95. The lowest BCUT2D eigenvalue weighted by molar-refractivity contribution is -0.142. The van der Waals surface area contributed by atoms with Gasteiger partial charge in [-0.1, -0.05) is 30.0 Å². The number of nitrogens with zero attached hydrogens (tertiary/aromatic N) is 4.